The number of likely N-dealkylation sites (N-methyl/N-ethyl adjacent to an activating group) is 1. The third kappa shape index (κ3) is 2.95. The van der Waals surface area contributed by atoms with E-state index in [1.807, 2.05) is 6.92 Å². The lowest BCUT2D eigenvalue weighted by Gasteiger charge is -2.18. The average molecular weight is 233 g/mol. The molecule has 1 aromatic heterocycles. The number of aryl methyl sites for hydroxylation is 1. The highest BCUT2D eigenvalue weighted by atomic mass is 35.5. The van der Waals surface area contributed by atoms with Crippen molar-refractivity contribution in [1.29, 1.82) is 0 Å². The molecule has 14 heavy (non-hydrogen) atoms. The highest BCUT2D eigenvalue weighted by molar-refractivity contribution is 7.10. The molecule has 80 valence electrons. The summed E-state index contributed by atoms with van der Waals surface area (Å²) in [5, 5.41) is 3.03. The summed E-state index contributed by atoms with van der Waals surface area (Å²) in [6.45, 7) is 7.76. The van der Waals surface area contributed by atoms with Crippen LogP contribution in [0, 0.1) is 6.92 Å². The van der Waals surface area contributed by atoms with Gasteiger partial charge in [0.15, 0.2) is 0 Å². The van der Waals surface area contributed by atoms with Crippen molar-refractivity contribution in [3.63, 3.8) is 0 Å². The van der Waals surface area contributed by atoms with Gasteiger partial charge in [-0.1, -0.05) is 18.5 Å². The van der Waals surface area contributed by atoms with Crippen LogP contribution in [0.3, 0.4) is 0 Å². The number of hydrogen-bond acceptors (Lipinski definition) is 3. The van der Waals surface area contributed by atoms with Crippen LogP contribution in [-0.2, 0) is 6.54 Å². The van der Waals surface area contributed by atoms with Gasteiger partial charge < -0.3 is 5.73 Å². The maximum atomic E-state index is 6.16. The van der Waals surface area contributed by atoms with Crippen LogP contribution in [0.5, 0.6) is 0 Å². The van der Waals surface area contributed by atoms with E-state index < -0.39 is 0 Å². The van der Waals surface area contributed by atoms with Crippen LogP contribution in [0.1, 0.15) is 17.4 Å². The molecule has 1 rings (SSSR count). The van der Waals surface area contributed by atoms with Gasteiger partial charge in [-0.3, -0.25) is 4.90 Å². The average Bonchev–Trinajstić information content (AvgIpc) is 2.49. The summed E-state index contributed by atoms with van der Waals surface area (Å²) < 4.78 is 0. The first-order chi connectivity index (χ1) is 6.69. The van der Waals surface area contributed by atoms with Crippen molar-refractivity contribution in [2.24, 2.45) is 5.73 Å². The van der Waals surface area contributed by atoms with Crippen molar-refractivity contribution in [3.05, 3.63) is 20.8 Å². The third-order valence-electron chi connectivity index (χ3n) is 2.23. The van der Waals surface area contributed by atoms with Crippen LogP contribution < -0.4 is 5.73 Å². The van der Waals surface area contributed by atoms with Gasteiger partial charge in [-0.25, -0.2) is 0 Å². The summed E-state index contributed by atoms with van der Waals surface area (Å²) in [7, 11) is 0. The third-order valence-corrected chi connectivity index (χ3v) is 3.96. The second kappa shape index (κ2) is 5.71. The van der Waals surface area contributed by atoms with Crippen molar-refractivity contribution >= 4 is 22.9 Å². The molecule has 2 nitrogen and oxygen atoms in total. The van der Waals surface area contributed by atoms with E-state index in [1.165, 1.54) is 10.4 Å². The van der Waals surface area contributed by atoms with E-state index in [-0.39, 0.29) is 0 Å². The minimum atomic E-state index is 0.704. The van der Waals surface area contributed by atoms with Crippen molar-refractivity contribution in [2.45, 2.75) is 20.4 Å². The first-order valence-electron chi connectivity index (χ1n) is 4.84. The quantitative estimate of drug-likeness (QED) is 0.845. The van der Waals surface area contributed by atoms with E-state index in [9.17, 15) is 0 Å². The van der Waals surface area contributed by atoms with Gasteiger partial charge >= 0.3 is 0 Å². The largest absolute Gasteiger partial charge is 0.329 e. The Balaban J connectivity index is 2.62. The molecule has 0 bridgehead atoms. The van der Waals surface area contributed by atoms with E-state index >= 15 is 0 Å². The van der Waals surface area contributed by atoms with E-state index in [0.29, 0.717) is 6.54 Å². The van der Waals surface area contributed by atoms with Crippen LogP contribution in [0.15, 0.2) is 5.38 Å². The molecule has 0 aromatic carbocycles. The first kappa shape index (κ1) is 12.0. The zero-order valence-corrected chi connectivity index (χ0v) is 10.3. The van der Waals surface area contributed by atoms with Gasteiger partial charge in [0.05, 0.1) is 5.02 Å². The van der Waals surface area contributed by atoms with Gasteiger partial charge in [0.1, 0.15) is 0 Å². The number of halogens is 1. The molecule has 4 heteroatoms. The SMILES string of the molecule is CCN(CCN)Cc1scc(C)c1Cl. The summed E-state index contributed by atoms with van der Waals surface area (Å²) in [6.07, 6.45) is 0. The molecule has 0 unspecified atom stereocenters. The van der Waals surface area contributed by atoms with Gasteiger partial charge in [0, 0.05) is 24.5 Å². The fourth-order valence-corrected chi connectivity index (χ4v) is 2.60. The predicted molar refractivity (Wildman–Crippen MR) is 64.1 cm³/mol. The molecular weight excluding hydrogens is 216 g/mol. The van der Waals surface area contributed by atoms with E-state index in [4.69, 9.17) is 17.3 Å². The fraction of sp³-hybridized carbons (Fsp3) is 0.600. The van der Waals surface area contributed by atoms with Crippen LogP contribution in [-0.4, -0.2) is 24.5 Å². The molecule has 0 aliphatic rings. The van der Waals surface area contributed by atoms with Gasteiger partial charge in [-0.15, -0.1) is 11.3 Å². The molecule has 0 aliphatic heterocycles. The molecule has 0 aliphatic carbocycles. The second-order valence-electron chi connectivity index (χ2n) is 3.31. The van der Waals surface area contributed by atoms with Crippen molar-refractivity contribution < 1.29 is 0 Å². The smallest absolute Gasteiger partial charge is 0.0587 e. The van der Waals surface area contributed by atoms with Crippen molar-refractivity contribution in [2.75, 3.05) is 19.6 Å². The van der Waals surface area contributed by atoms with Gasteiger partial charge in [0.2, 0.25) is 0 Å². The van der Waals surface area contributed by atoms with E-state index in [1.54, 1.807) is 11.3 Å². The van der Waals surface area contributed by atoms with Crippen molar-refractivity contribution in [3.8, 4) is 0 Å². The molecule has 0 saturated heterocycles. The topological polar surface area (TPSA) is 29.3 Å². The summed E-state index contributed by atoms with van der Waals surface area (Å²) in [4.78, 5) is 3.55. The number of rotatable bonds is 5. The first-order valence-corrected chi connectivity index (χ1v) is 6.09. The number of thiophene rings is 1. The summed E-state index contributed by atoms with van der Waals surface area (Å²) in [6, 6.07) is 0. The molecule has 1 aromatic rings. The lowest BCUT2D eigenvalue weighted by Crippen LogP contribution is -2.28. The van der Waals surface area contributed by atoms with E-state index in [0.717, 1.165) is 24.7 Å². The Kier molecular flexibility index (Phi) is 4.89. The molecule has 0 saturated carbocycles. The molecule has 0 amide bonds. The summed E-state index contributed by atoms with van der Waals surface area (Å²) >= 11 is 7.89. The predicted octanol–water partition coefficient (Wildman–Crippen LogP) is 2.49. The maximum Gasteiger partial charge on any atom is 0.0587 e. The monoisotopic (exact) mass is 232 g/mol. The highest BCUT2D eigenvalue weighted by Gasteiger charge is 2.09. The van der Waals surface area contributed by atoms with Crippen LogP contribution in [0.25, 0.3) is 0 Å². The molecule has 1 heterocycles. The minimum absolute atomic E-state index is 0.704. The lowest BCUT2D eigenvalue weighted by molar-refractivity contribution is 0.291. The molecular formula is C10H17ClN2S. The highest BCUT2D eigenvalue weighted by Crippen LogP contribution is 2.28. The Morgan fingerprint density at radius 1 is 1.57 bits per heavy atom. The normalized spacial score (nSPS) is 11.2. The van der Waals surface area contributed by atoms with Gasteiger partial charge in [0.25, 0.3) is 0 Å². The lowest BCUT2D eigenvalue weighted by atomic mass is 10.3. The molecule has 0 radical (unpaired) electrons. The zero-order chi connectivity index (χ0) is 10.6. The van der Waals surface area contributed by atoms with Gasteiger partial charge in [-0.2, -0.15) is 0 Å². The Hall–Kier alpha value is -0.0900. The number of hydrogen-bond donors (Lipinski definition) is 1. The number of nitrogens with two attached hydrogens (primary N) is 1. The summed E-state index contributed by atoms with van der Waals surface area (Å²) in [5.41, 5.74) is 6.71. The molecule has 2 N–H and O–H groups in total. The minimum Gasteiger partial charge on any atom is -0.329 e. The Bertz CT molecular complexity index is 286. The Labute approximate surface area is 94.7 Å². The Morgan fingerprint density at radius 2 is 2.29 bits per heavy atom. The zero-order valence-electron chi connectivity index (χ0n) is 8.72. The maximum absolute atomic E-state index is 6.16. The molecule has 0 atom stereocenters. The van der Waals surface area contributed by atoms with Crippen LogP contribution in [0.4, 0.5) is 0 Å². The van der Waals surface area contributed by atoms with E-state index in [2.05, 4.69) is 17.2 Å². The van der Waals surface area contributed by atoms with Gasteiger partial charge in [-0.05, 0) is 24.4 Å². The number of nitrogens with zero attached hydrogens (tertiary/aromatic N) is 1. The molecule has 0 spiro atoms. The standard InChI is InChI=1S/C10H17ClN2S/c1-3-13(5-4-12)6-9-10(11)8(2)7-14-9/h7H,3-6,12H2,1-2H3. The molecule has 0 fully saturated rings. The van der Waals surface area contributed by atoms with Crippen LogP contribution in [0.2, 0.25) is 5.02 Å². The van der Waals surface area contributed by atoms with Crippen molar-refractivity contribution in [1.82, 2.24) is 4.90 Å². The summed E-state index contributed by atoms with van der Waals surface area (Å²) in [5.74, 6) is 0. The second-order valence-corrected chi connectivity index (χ2v) is 4.66. The fourth-order valence-electron chi connectivity index (χ4n) is 1.32. The Morgan fingerprint density at radius 3 is 2.71 bits per heavy atom. The van der Waals surface area contributed by atoms with Crippen LogP contribution >= 0.6 is 22.9 Å².